The summed E-state index contributed by atoms with van der Waals surface area (Å²) in [6.07, 6.45) is 0. The maximum absolute atomic E-state index is 12.3. The van der Waals surface area contributed by atoms with Crippen molar-refractivity contribution in [3.8, 4) is 5.75 Å². The Bertz CT molecular complexity index is 970. The van der Waals surface area contributed by atoms with Crippen LogP contribution in [0, 0.1) is 0 Å². The molecule has 0 aromatic heterocycles. The Balaban J connectivity index is 1.50. The first-order valence-electron chi connectivity index (χ1n) is 9.47. The molecule has 0 fully saturated rings. The molecule has 0 saturated carbocycles. The van der Waals surface area contributed by atoms with Gasteiger partial charge >= 0.3 is 5.97 Å². The molecule has 0 aliphatic carbocycles. The van der Waals surface area contributed by atoms with Crippen molar-refractivity contribution < 1.29 is 28.7 Å². The average Bonchev–Trinajstić information content (AvgIpc) is 2.98. The van der Waals surface area contributed by atoms with Crippen molar-refractivity contribution in [1.29, 1.82) is 0 Å². The normalized spacial score (nSPS) is 12.5. The molecule has 0 unspecified atom stereocenters. The van der Waals surface area contributed by atoms with Crippen molar-refractivity contribution in [3.05, 3.63) is 59.7 Å². The second-order valence-electron chi connectivity index (χ2n) is 6.73. The average molecular weight is 410 g/mol. The molecule has 2 aromatic rings. The topological polar surface area (TPSA) is 93.2 Å². The van der Waals surface area contributed by atoms with E-state index >= 15 is 0 Å². The van der Waals surface area contributed by atoms with Crippen LogP contribution in [-0.2, 0) is 25.7 Å². The smallest absolute Gasteiger partial charge is 0.326 e. The van der Waals surface area contributed by atoms with Crippen LogP contribution in [0.15, 0.2) is 48.5 Å². The summed E-state index contributed by atoms with van der Waals surface area (Å²) in [7, 11) is 1.60. The Hall–Kier alpha value is -3.68. The summed E-state index contributed by atoms with van der Waals surface area (Å²) >= 11 is 0. The lowest BCUT2D eigenvalue weighted by Gasteiger charge is -2.19. The summed E-state index contributed by atoms with van der Waals surface area (Å²) in [4.78, 5) is 51.0. The minimum Gasteiger partial charge on any atom is -0.494 e. The first-order chi connectivity index (χ1) is 14.4. The van der Waals surface area contributed by atoms with E-state index in [0.717, 1.165) is 16.2 Å². The molecule has 1 heterocycles. The maximum atomic E-state index is 12.3. The summed E-state index contributed by atoms with van der Waals surface area (Å²) in [6.45, 7) is 1.93. The number of likely N-dealkylation sites (N-methyl/N-ethyl adjacent to an activating group) is 1. The van der Waals surface area contributed by atoms with Crippen molar-refractivity contribution in [3.63, 3.8) is 0 Å². The zero-order chi connectivity index (χ0) is 21.7. The molecule has 0 saturated heterocycles. The number of ether oxygens (including phenoxy) is 2. The molecular weight excluding hydrogens is 388 g/mol. The number of nitrogens with zero attached hydrogens (tertiary/aromatic N) is 2. The molecule has 0 radical (unpaired) electrons. The van der Waals surface area contributed by atoms with Crippen molar-refractivity contribution in [2.45, 2.75) is 13.5 Å². The Labute approximate surface area is 174 Å². The van der Waals surface area contributed by atoms with Crippen molar-refractivity contribution in [1.82, 2.24) is 4.90 Å². The van der Waals surface area contributed by atoms with Gasteiger partial charge in [0, 0.05) is 13.6 Å². The van der Waals surface area contributed by atoms with Crippen molar-refractivity contribution >= 4 is 29.3 Å². The summed E-state index contributed by atoms with van der Waals surface area (Å²) in [5.41, 5.74) is 1.52. The van der Waals surface area contributed by atoms with Gasteiger partial charge in [0.25, 0.3) is 17.6 Å². The fourth-order valence-corrected chi connectivity index (χ4v) is 3.05. The second kappa shape index (κ2) is 9.21. The lowest BCUT2D eigenvalue weighted by atomic mass is 10.1. The van der Waals surface area contributed by atoms with Gasteiger partial charge in [-0.25, -0.2) is 0 Å². The van der Waals surface area contributed by atoms with Gasteiger partial charge in [-0.1, -0.05) is 24.3 Å². The lowest BCUT2D eigenvalue weighted by molar-refractivity contribution is -0.150. The Morgan fingerprint density at radius 1 is 1.03 bits per heavy atom. The molecule has 0 atom stereocenters. The minimum absolute atomic E-state index is 0.251. The third-order valence-corrected chi connectivity index (χ3v) is 4.60. The van der Waals surface area contributed by atoms with E-state index in [4.69, 9.17) is 9.47 Å². The minimum atomic E-state index is -0.785. The summed E-state index contributed by atoms with van der Waals surface area (Å²) in [6, 6.07) is 13.8. The highest BCUT2D eigenvalue weighted by Gasteiger charge is 2.36. The van der Waals surface area contributed by atoms with Gasteiger partial charge in [-0.15, -0.1) is 0 Å². The summed E-state index contributed by atoms with van der Waals surface area (Å²) < 4.78 is 10.4. The number of Topliss-reactive ketones (excluding diaryl/α,β-unsaturated/α-hetero) is 1. The van der Waals surface area contributed by atoms with Crippen LogP contribution in [0.3, 0.4) is 0 Å². The van der Waals surface area contributed by atoms with E-state index in [1.807, 2.05) is 31.2 Å². The number of amides is 2. The molecule has 1 aliphatic rings. The van der Waals surface area contributed by atoms with E-state index in [1.165, 1.54) is 11.0 Å². The standard InChI is InChI=1S/C22H22N2O6/c1-3-29-16-10-8-15(9-11-16)12-23(2)19(25)14-30-20(26)13-24-18-7-5-4-6-17(18)21(27)22(24)28/h4-11H,3,12-14H2,1-2H3. The van der Waals surface area contributed by atoms with Crippen LogP contribution >= 0.6 is 0 Å². The van der Waals surface area contributed by atoms with Crippen LogP contribution in [0.4, 0.5) is 5.69 Å². The van der Waals surface area contributed by atoms with Crippen molar-refractivity contribution in [2.75, 3.05) is 31.7 Å². The van der Waals surface area contributed by atoms with Gasteiger partial charge in [-0.05, 0) is 36.8 Å². The number of para-hydroxylation sites is 1. The summed E-state index contributed by atoms with van der Waals surface area (Å²) in [5, 5.41) is 0. The largest absolute Gasteiger partial charge is 0.494 e. The van der Waals surface area contributed by atoms with Gasteiger partial charge in [0.15, 0.2) is 6.61 Å². The molecular formula is C22H22N2O6. The van der Waals surface area contributed by atoms with Crippen LogP contribution in [0.2, 0.25) is 0 Å². The van der Waals surface area contributed by atoms with Gasteiger partial charge in [0.1, 0.15) is 12.3 Å². The maximum Gasteiger partial charge on any atom is 0.326 e. The Morgan fingerprint density at radius 3 is 2.43 bits per heavy atom. The number of anilines is 1. The molecule has 3 rings (SSSR count). The first kappa shape index (κ1) is 21.0. The molecule has 156 valence electrons. The zero-order valence-corrected chi connectivity index (χ0v) is 16.8. The quantitative estimate of drug-likeness (QED) is 0.487. The van der Waals surface area contributed by atoms with Crippen LogP contribution in [-0.4, -0.2) is 55.3 Å². The van der Waals surface area contributed by atoms with Gasteiger partial charge < -0.3 is 14.4 Å². The number of carbonyl (C=O) groups is 4. The van der Waals surface area contributed by atoms with Gasteiger partial charge in [-0.2, -0.15) is 0 Å². The molecule has 8 heteroatoms. The molecule has 2 aromatic carbocycles. The molecule has 2 amide bonds. The van der Waals surface area contributed by atoms with Crippen LogP contribution in [0.25, 0.3) is 0 Å². The predicted molar refractivity (Wildman–Crippen MR) is 108 cm³/mol. The third kappa shape index (κ3) is 4.65. The monoisotopic (exact) mass is 410 g/mol. The van der Waals surface area contributed by atoms with E-state index in [2.05, 4.69) is 0 Å². The fourth-order valence-electron chi connectivity index (χ4n) is 3.05. The van der Waals surface area contributed by atoms with E-state index in [1.54, 1.807) is 25.2 Å². The number of fused-ring (bicyclic) bond motifs is 1. The Morgan fingerprint density at radius 2 is 1.73 bits per heavy atom. The predicted octanol–water partition coefficient (Wildman–Crippen LogP) is 1.82. The van der Waals surface area contributed by atoms with E-state index < -0.39 is 30.8 Å². The van der Waals surface area contributed by atoms with E-state index in [0.29, 0.717) is 18.8 Å². The molecule has 0 bridgehead atoms. The molecule has 8 nitrogen and oxygen atoms in total. The number of ketones is 1. The number of carbonyl (C=O) groups excluding carboxylic acids is 4. The number of rotatable bonds is 8. The zero-order valence-electron chi connectivity index (χ0n) is 16.8. The van der Waals surface area contributed by atoms with Crippen LogP contribution in [0.1, 0.15) is 22.8 Å². The van der Waals surface area contributed by atoms with E-state index in [-0.39, 0.29) is 11.5 Å². The third-order valence-electron chi connectivity index (χ3n) is 4.60. The van der Waals surface area contributed by atoms with Crippen LogP contribution < -0.4 is 9.64 Å². The number of benzene rings is 2. The van der Waals surface area contributed by atoms with Crippen LogP contribution in [0.5, 0.6) is 5.75 Å². The molecule has 1 aliphatic heterocycles. The number of esters is 1. The lowest BCUT2D eigenvalue weighted by Crippen LogP contribution is -2.37. The second-order valence-corrected chi connectivity index (χ2v) is 6.73. The fraction of sp³-hybridized carbons (Fsp3) is 0.273. The molecule has 0 N–H and O–H groups in total. The highest BCUT2D eigenvalue weighted by molar-refractivity contribution is 6.52. The van der Waals surface area contributed by atoms with Gasteiger partial charge in [0.05, 0.1) is 17.9 Å². The Kier molecular flexibility index (Phi) is 6.46. The molecule has 30 heavy (non-hydrogen) atoms. The van der Waals surface area contributed by atoms with Gasteiger partial charge in [0.2, 0.25) is 0 Å². The number of hydrogen-bond donors (Lipinski definition) is 0. The SMILES string of the molecule is CCOc1ccc(CN(C)C(=O)COC(=O)CN2C(=O)C(=O)c3ccccc32)cc1. The summed E-state index contributed by atoms with van der Waals surface area (Å²) in [5.74, 6) is -1.85. The van der Waals surface area contributed by atoms with Crippen molar-refractivity contribution in [2.24, 2.45) is 0 Å². The highest BCUT2D eigenvalue weighted by atomic mass is 16.5. The number of hydrogen-bond acceptors (Lipinski definition) is 6. The van der Waals surface area contributed by atoms with Gasteiger partial charge in [-0.3, -0.25) is 24.1 Å². The highest BCUT2D eigenvalue weighted by Crippen LogP contribution is 2.28. The molecule has 0 spiro atoms. The first-order valence-corrected chi connectivity index (χ1v) is 9.47. The van der Waals surface area contributed by atoms with E-state index in [9.17, 15) is 19.2 Å².